The number of halogens is 3. The first kappa shape index (κ1) is 27.6. The Bertz CT molecular complexity index is 1890. The summed E-state index contributed by atoms with van der Waals surface area (Å²) in [7, 11) is 0. The predicted molar refractivity (Wildman–Crippen MR) is 153 cm³/mol. The molecule has 42 heavy (non-hydrogen) atoms. The maximum absolute atomic E-state index is 13.8. The Hall–Kier alpha value is -4.58. The molecule has 0 unspecified atom stereocenters. The maximum Gasteiger partial charge on any atom is 0.333 e. The molecule has 4 heterocycles. The number of rotatable bonds is 7. The zero-order valence-corrected chi connectivity index (χ0v) is 23.0. The highest BCUT2D eigenvalue weighted by atomic mass is 35.5. The van der Waals surface area contributed by atoms with Gasteiger partial charge in [-0.15, -0.1) is 0 Å². The van der Waals surface area contributed by atoms with E-state index in [4.69, 9.17) is 11.6 Å². The Morgan fingerprint density at radius 3 is 2.55 bits per heavy atom. The number of para-hydroxylation sites is 2. The average Bonchev–Trinajstić information content (AvgIpc) is 3.54. The molecule has 216 valence electrons. The van der Waals surface area contributed by atoms with Crippen LogP contribution < -0.4 is 16.7 Å². The lowest BCUT2D eigenvalue weighted by molar-refractivity contribution is 0.0904. The number of imidazole rings is 2. The van der Waals surface area contributed by atoms with Crippen molar-refractivity contribution in [3.8, 4) is 11.5 Å². The number of nitrogens with one attached hydrogen (secondary N) is 2. The first-order valence-electron chi connectivity index (χ1n) is 13.5. The minimum absolute atomic E-state index is 0.110. The van der Waals surface area contributed by atoms with Crippen molar-refractivity contribution in [1.29, 1.82) is 0 Å². The van der Waals surface area contributed by atoms with E-state index in [0.717, 1.165) is 30.1 Å². The van der Waals surface area contributed by atoms with Crippen LogP contribution in [-0.2, 0) is 6.54 Å². The van der Waals surface area contributed by atoms with Crippen LogP contribution in [0.15, 0.2) is 76.8 Å². The number of benzene rings is 1. The van der Waals surface area contributed by atoms with Crippen LogP contribution in [0.1, 0.15) is 48.2 Å². The second kappa shape index (κ2) is 11.4. The molecule has 1 fully saturated rings. The predicted octanol–water partition coefficient (Wildman–Crippen LogP) is 4.64. The third-order valence-corrected chi connectivity index (χ3v) is 7.88. The normalized spacial score (nSPS) is 17.1. The Balaban J connectivity index is 1.20. The monoisotopic (exact) mass is 593 g/mol. The summed E-state index contributed by atoms with van der Waals surface area (Å²) < 4.78 is 31.5. The standard InChI is InChI=1S/C29H26ClF2N7O3/c30-18-13-21(25(26(31)32)35-15-18)27(40)36-19-7-5-17(6-8-19)16-38-22-3-1-2-4-23(22)39(29(38)42)20-9-10-33-24(14-20)37-12-11-34-28(37)41/h1-4,9-15,17,19,26H,5-8,16H2,(H,34,41)(H,36,40). The van der Waals surface area contributed by atoms with E-state index >= 15 is 0 Å². The largest absolute Gasteiger partial charge is 0.349 e. The summed E-state index contributed by atoms with van der Waals surface area (Å²) in [5.41, 5.74) is 0.730. The van der Waals surface area contributed by atoms with E-state index in [9.17, 15) is 23.2 Å². The third-order valence-electron chi connectivity index (χ3n) is 7.68. The molecule has 1 aliphatic rings. The van der Waals surface area contributed by atoms with Crippen LogP contribution >= 0.6 is 11.6 Å². The number of pyridine rings is 2. The highest BCUT2D eigenvalue weighted by Crippen LogP contribution is 2.29. The quantitative estimate of drug-likeness (QED) is 0.285. The molecule has 1 saturated carbocycles. The van der Waals surface area contributed by atoms with Crippen molar-refractivity contribution in [2.24, 2.45) is 5.92 Å². The number of fused-ring (bicyclic) bond motifs is 1. The lowest BCUT2D eigenvalue weighted by atomic mass is 9.85. The summed E-state index contributed by atoms with van der Waals surface area (Å²) in [5, 5.41) is 2.96. The molecule has 6 rings (SSSR count). The van der Waals surface area contributed by atoms with Gasteiger partial charge in [0.15, 0.2) is 0 Å². The van der Waals surface area contributed by atoms with Crippen molar-refractivity contribution in [2.75, 3.05) is 0 Å². The van der Waals surface area contributed by atoms with Crippen molar-refractivity contribution in [2.45, 2.75) is 44.7 Å². The van der Waals surface area contributed by atoms with Gasteiger partial charge in [0.2, 0.25) is 0 Å². The van der Waals surface area contributed by atoms with Crippen molar-refractivity contribution in [1.82, 2.24) is 34.0 Å². The number of aromatic nitrogens is 6. The molecular formula is C29H26ClF2N7O3. The molecule has 0 saturated heterocycles. The SMILES string of the molecule is O=C(NC1CCC(Cn2c(=O)n(-c3ccnc(-n4cc[nH]c4=O)c3)c3ccccc32)CC1)c1cc(Cl)cnc1C(F)F. The van der Waals surface area contributed by atoms with Gasteiger partial charge >= 0.3 is 11.4 Å². The Morgan fingerprint density at radius 2 is 1.83 bits per heavy atom. The summed E-state index contributed by atoms with van der Waals surface area (Å²) >= 11 is 5.90. The number of alkyl halides is 2. The molecule has 13 heteroatoms. The number of carbonyl (C=O) groups excluding carboxylic acids is 1. The lowest BCUT2D eigenvalue weighted by Gasteiger charge is -2.29. The van der Waals surface area contributed by atoms with Crippen LogP contribution in [0.5, 0.6) is 0 Å². The molecule has 0 atom stereocenters. The first-order chi connectivity index (χ1) is 20.3. The molecular weight excluding hydrogens is 568 g/mol. The summed E-state index contributed by atoms with van der Waals surface area (Å²) in [6, 6.07) is 12.0. The average molecular weight is 594 g/mol. The van der Waals surface area contributed by atoms with Gasteiger partial charge in [0.25, 0.3) is 12.3 Å². The Kier molecular flexibility index (Phi) is 7.46. The topological polar surface area (TPSA) is 120 Å². The van der Waals surface area contributed by atoms with Crippen LogP contribution in [0.25, 0.3) is 22.5 Å². The van der Waals surface area contributed by atoms with E-state index in [2.05, 4.69) is 20.3 Å². The minimum atomic E-state index is -2.89. The summed E-state index contributed by atoms with van der Waals surface area (Å²) in [4.78, 5) is 49.2. The molecule has 2 N–H and O–H groups in total. The van der Waals surface area contributed by atoms with E-state index in [0.29, 0.717) is 30.9 Å². The van der Waals surface area contributed by atoms with Gasteiger partial charge in [-0.1, -0.05) is 23.7 Å². The van der Waals surface area contributed by atoms with E-state index in [-0.39, 0.29) is 33.9 Å². The van der Waals surface area contributed by atoms with E-state index in [1.54, 1.807) is 33.7 Å². The van der Waals surface area contributed by atoms with Crippen molar-refractivity contribution < 1.29 is 13.6 Å². The number of nitrogens with zero attached hydrogens (tertiary/aromatic N) is 5. The van der Waals surface area contributed by atoms with Crippen molar-refractivity contribution in [3.63, 3.8) is 0 Å². The summed E-state index contributed by atoms with van der Waals surface area (Å²) in [5.74, 6) is -0.0651. The van der Waals surface area contributed by atoms with Crippen LogP contribution in [0.3, 0.4) is 0 Å². The van der Waals surface area contributed by atoms with Crippen molar-refractivity contribution >= 4 is 28.5 Å². The first-order valence-corrected chi connectivity index (χ1v) is 13.9. The number of hydrogen-bond donors (Lipinski definition) is 2. The molecule has 1 aromatic carbocycles. The lowest BCUT2D eigenvalue weighted by Crippen LogP contribution is -2.39. The highest BCUT2D eigenvalue weighted by Gasteiger charge is 2.27. The molecule has 5 aromatic rings. The van der Waals surface area contributed by atoms with E-state index < -0.39 is 18.0 Å². The van der Waals surface area contributed by atoms with Crippen LogP contribution in [0.4, 0.5) is 8.78 Å². The zero-order chi connectivity index (χ0) is 29.4. The minimum Gasteiger partial charge on any atom is -0.349 e. The van der Waals surface area contributed by atoms with Gasteiger partial charge in [-0.2, -0.15) is 0 Å². The fourth-order valence-electron chi connectivity index (χ4n) is 5.63. The third kappa shape index (κ3) is 5.25. The van der Waals surface area contributed by atoms with E-state index in [1.165, 1.54) is 16.8 Å². The maximum atomic E-state index is 13.8. The fraction of sp³-hybridized carbons (Fsp3) is 0.276. The van der Waals surface area contributed by atoms with Gasteiger partial charge in [-0.05, 0) is 55.9 Å². The van der Waals surface area contributed by atoms with Gasteiger partial charge in [-0.25, -0.2) is 23.4 Å². The summed E-state index contributed by atoms with van der Waals surface area (Å²) in [6.45, 7) is 0.482. The second-order valence-corrected chi connectivity index (χ2v) is 10.7. The molecule has 1 aliphatic carbocycles. The molecule has 0 aliphatic heterocycles. The van der Waals surface area contributed by atoms with Crippen LogP contribution in [-0.4, -0.2) is 40.6 Å². The molecule has 10 nitrogen and oxygen atoms in total. The number of carbonyl (C=O) groups is 1. The number of amides is 1. The number of aromatic amines is 1. The van der Waals surface area contributed by atoms with E-state index in [1.807, 2.05) is 24.3 Å². The number of H-pyrrole nitrogens is 1. The Morgan fingerprint density at radius 1 is 1.07 bits per heavy atom. The van der Waals surface area contributed by atoms with Gasteiger partial charge in [0, 0.05) is 43.4 Å². The summed E-state index contributed by atoms with van der Waals surface area (Å²) in [6.07, 6.45) is 5.61. The van der Waals surface area contributed by atoms with Crippen LogP contribution in [0.2, 0.25) is 5.02 Å². The van der Waals surface area contributed by atoms with Crippen molar-refractivity contribution in [3.05, 3.63) is 105 Å². The molecule has 0 spiro atoms. The molecule has 4 aromatic heterocycles. The number of hydrogen-bond acceptors (Lipinski definition) is 5. The Labute approximate surface area is 242 Å². The zero-order valence-electron chi connectivity index (χ0n) is 22.2. The molecule has 1 amide bonds. The van der Waals surface area contributed by atoms with Crippen LogP contribution in [0, 0.1) is 5.92 Å². The molecule has 0 radical (unpaired) electrons. The van der Waals surface area contributed by atoms with Gasteiger partial charge < -0.3 is 10.3 Å². The highest BCUT2D eigenvalue weighted by molar-refractivity contribution is 6.30. The molecule has 0 bridgehead atoms. The fourth-order valence-corrected chi connectivity index (χ4v) is 5.79. The van der Waals surface area contributed by atoms with Gasteiger partial charge in [-0.3, -0.25) is 23.5 Å². The van der Waals surface area contributed by atoms with Gasteiger partial charge in [0.1, 0.15) is 11.5 Å². The second-order valence-electron chi connectivity index (χ2n) is 10.3. The van der Waals surface area contributed by atoms with Gasteiger partial charge in [0.05, 0.1) is 27.3 Å². The smallest absolute Gasteiger partial charge is 0.333 e.